The number of hydrogen-bond donors (Lipinski definition) is 0. The lowest BCUT2D eigenvalue weighted by molar-refractivity contribution is 0.242. The van der Waals surface area contributed by atoms with Crippen LogP contribution < -0.4 is 14.2 Å². The molecule has 0 amide bonds. The normalized spacial score (nSPS) is 10.3. The number of ether oxygens (including phenoxy) is 3. The number of nitrogens with zero attached hydrogens (tertiary/aromatic N) is 4. The van der Waals surface area contributed by atoms with Crippen molar-refractivity contribution in [3.63, 3.8) is 0 Å². The summed E-state index contributed by atoms with van der Waals surface area (Å²) in [6, 6.07) is 8.87. The van der Waals surface area contributed by atoms with Crippen molar-refractivity contribution in [3.05, 3.63) is 48.2 Å². The summed E-state index contributed by atoms with van der Waals surface area (Å²) >= 11 is 0. The van der Waals surface area contributed by atoms with Crippen LogP contribution in [-0.2, 0) is 6.61 Å². The molecule has 8 heteroatoms. The Kier molecular flexibility index (Phi) is 4.32. The van der Waals surface area contributed by atoms with Crippen molar-refractivity contribution in [2.45, 2.75) is 13.5 Å². The second kappa shape index (κ2) is 6.73. The van der Waals surface area contributed by atoms with E-state index >= 15 is 0 Å². The molecule has 0 atom stereocenters. The van der Waals surface area contributed by atoms with E-state index in [2.05, 4.69) is 20.1 Å². The molecule has 8 nitrogen and oxygen atoms in total. The third-order valence-electron chi connectivity index (χ3n) is 2.78. The largest absolute Gasteiger partial charge is 0.484 e. The molecule has 0 aliphatic rings. The van der Waals surface area contributed by atoms with Gasteiger partial charge in [-0.2, -0.15) is 9.97 Å². The molecular formula is C15H14N4O4. The minimum absolute atomic E-state index is 0.208. The van der Waals surface area contributed by atoms with Crippen molar-refractivity contribution in [2.75, 3.05) is 7.11 Å². The van der Waals surface area contributed by atoms with E-state index in [1.165, 1.54) is 7.11 Å². The van der Waals surface area contributed by atoms with E-state index < -0.39 is 0 Å². The first kappa shape index (κ1) is 14.8. The lowest BCUT2D eigenvalue weighted by Gasteiger charge is -2.06. The van der Waals surface area contributed by atoms with Crippen LogP contribution in [0.1, 0.15) is 11.7 Å². The summed E-state index contributed by atoms with van der Waals surface area (Å²) in [5.74, 6) is 2.67. The minimum atomic E-state index is 0.208. The fourth-order valence-corrected chi connectivity index (χ4v) is 1.74. The summed E-state index contributed by atoms with van der Waals surface area (Å²) < 4.78 is 21.1. The van der Waals surface area contributed by atoms with Gasteiger partial charge in [0.05, 0.1) is 7.11 Å². The Balaban J connectivity index is 1.60. The summed E-state index contributed by atoms with van der Waals surface area (Å²) in [6.07, 6.45) is 1.56. The zero-order valence-electron chi connectivity index (χ0n) is 12.6. The Morgan fingerprint density at radius 1 is 1.04 bits per heavy atom. The molecule has 1 aromatic carbocycles. The number of aryl methyl sites for hydroxylation is 1. The zero-order valence-corrected chi connectivity index (χ0v) is 12.6. The average Bonchev–Trinajstić information content (AvgIpc) is 3.00. The molecule has 23 heavy (non-hydrogen) atoms. The van der Waals surface area contributed by atoms with Gasteiger partial charge in [0.25, 0.3) is 5.89 Å². The molecule has 0 aliphatic heterocycles. The molecule has 0 saturated carbocycles. The van der Waals surface area contributed by atoms with E-state index in [4.69, 9.17) is 18.7 Å². The topological polar surface area (TPSA) is 92.4 Å². The highest BCUT2D eigenvalue weighted by molar-refractivity contribution is 5.32. The molecule has 0 unspecified atom stereocenters. The van der Waals surface area contributed by atoms with E-state index in [1.807, 2.05) is 0 Å². The predicted molar refractivity (Wildman–Crippen MR) is 78.5 cm³/mol. The van der Waals surface area contributed by atoms with Crippen molar-refractivity contribution in [1.29, 1.82) is 0 Å². The van der Waals surface area contributed by atoms with E-state index in [9.17, 15) is 0 Å². The third kappa shape index (κ3) is 3.94. The molecule has 2 aromatic heterocycles. The van der Waals surface area contributed by atoms with Crippen LogP contribution in [-0.4, -0.2) is 27.2 Å². The van der Waals surface area contributed by atoms with Gasteiger partial charge in [0.1, 0.15) is 11.5 Å². The maximum absolute atomic E-state index is 5.54. The van der Waals surface area contributed by atoms with Gasteiger partial charge < -0.3 is 18.7 Å². The highest BCUT2D eigenvalue weighted by Crippen LogP contribution is 2.22. The summed E-state index contributed by atoms with van der Waals surface area (Å²) in [7, 11) is 1.53. The van der Waals surface area contributed by atoms with Crippen molar-refractivity contribution in [2.24, 2.45) is 0 Å². The van der Waals surface area contributed by atoms with Crippen molar-refractivity contribution < 1.29 is 18.7 Å². The number of hydrogen-bond acceptors (Lipinski definition) is 8. The van der Waals surface area contributed by atoms with Gasteiger partial charge in [-0.25, -0.2) is 4.98 Å². The van der Waals surface area contributed by atoms with Crippen LogP contribution in [0.2, 0.25) is 0 Å². The minimum Gasteiger partial charge on any atom is -0.484 e. The molecule has 0 saturated heterocycles. The van der Waals surface area contributed by atoms with E-state index in [0.29, 0.717) is 29.1 Å². The first-order chi connectivity index (χ1) is 11.2. The zero-order chi connectivity index (χ0) is 16.1. The van der Waals surface area contributed by atoms with Crippen LogP contribution in [0.15, 0.2) is 41.1 Å². The van der Waals surface area contributed by atoms with E-state index in [1.54, 1.807) is 43.5 Å². The highest BCUT2D eigenvalue weighted by atomic mass is 16.5. The fourth-order valence-electron chi connectivity index (χ4n) is 1.74. The molecule has 0 spiro atoms. The molecule has 118 valence electrons. The van der Waals surface area contributed by atoms with Crippen LogP contribution in [0.5, 0.6) is 23.4 Å². The average molecular weight is 314 g/mol. The van der Waals surface area contributed by atoms with Gasteiger partial charge in [0.2, 0.25) is 5.88 Å². The lowest BCUT2D eigenvalue weighted by atomic mass is 10.3. The van der Waals surface area contributed by atoms with Crippen molar-refractivity contribution in [3.8, 4) is 23.4 Å². The smallest absolute Gasteiger partial charge is 0.325 e. The van der Waals surface area contributed by atoms with Gasteiger partial charge in [-0.15, -0.1) is 0 Å². The molecule has 3 rings (SSSR count). The van der Waals surface area contributed by atoms with Gasteiger partial charge in [-0.05, 0) is 31.2 Å². The molecule has 0 radical (unpaired) electrons. The van der Waals surface area contributed by atoms with Crippen LogP contribution in [0.3, 0.4) is 0 Å². The highest BCUT2D eigenvalue weighted by Gasteiger charge is 2.05. The lowest BCUT2D eigenvalue weighted by Crippen LogP contribution is -1.96. The number of methoxy groups -OCH3 is 1. The summed E-state index contributed by atoms with van der Waals surface area (Å²) in [6.45, 7) is 1.96. The quantitative estimate of drug-likeness (QED) is 0.685. The second-order valence-electron chi connectivity index (χ2n) is 4.48. The summed E-state index contributed by atoms with van der Waals surface area (Å²) in [5.41, 5.74) is 0. The maximum Gasteiger partial charge on any atom is 0.325 e. The Labute approximate surface area is 132 Å². The third-order valence-corrected chi connectivity index (χ3v) is 2.78. The Bertz CT molecular complexity index is 773. The first-order valence-corrected chi connectivity index (χ1v) is 6.80. The first-order valence-electron chi connectivity index (χ1n) is 6.80. The molecule has 2 heterocycles. The predicted octanol–water partition coefficient (Wildman–Crippen LogP) is 2.55. The Hall–Kier alpha value is -3.16. The van der Waals surface area contributed by atoms with Gasteiger partial charge in [0.15, 0.2) is 12.4 Å². The molecule has 0 aliphatic carbocycles. The molecule has 0 bridgehead atoms. The van der Waals surface area contributed by atoms with Gasteiger partial charge >= 0.3 is 6.01 Å². The van der Waals surface area contributed by atoms with Crippen LogP contribution in [0.25, 0.3) is 0 Å². The number of aromatic nitrogens is 4. The number of rotatable bonds is 6. The molecular weight excluding hydrogens is 300 g/mol. The monoisotopic (exact) mass is 314 g/mol. The van der Waals surface area contributed by atoms with Crippen LogP contribution in [0, 0.1) is 6.92 Å². The van der Waals surface area contributed by atoms with Gasteiger partial charge in [-0.3, -0.25) is 0 Å². The van der Waals surface area contributed by atoms with Crippen molar-refractivity contribution >= 4 is 0 Å². The Morgan fingerprint density at radius 3 is 2.52 bits per heavy atom. The second-order valence-corrected chi connectivity index (χ2v) is 4.48. The summed E-state index contributed by atoms with van der Waals surface area (Å²) in [5, 5.41) is 3.69. The van der Waals surface area contributed by atoms with E-state index in [0.717, 1.165) is 0 Å². The van der Waals surface area contributed by atoms with E-state index in [-0.39, 0.29) is 12.6 Å². The van der Waals surface area contributed by atoms with Crippen LogP contribution >= 0.6 is 0 Å². The maximum atomic E-state index is 5.54. The number of benzene rings is 1. The van der Waals surface area contributed by atoms with Crippen LogP contribution in [0.4, 0.5) is 0 Å². The summed E-state index contributed by atoms with van der Waals surface area (Å²) in [4.78, 5) is 12.1. The Morgan fingerprint density at radius 2 is 1.83 bits per heavy atom. The van der Waals surface area contributed by atoms with Crippen molar-refractivity contribution in [1.82, 2.24) is 20.1 Å². The standard InChI is InChI=1S/C15H14N4O4/c1-10-17-14(23-19-10)9-21-11-3-5-12(6-4-11)22-15-16-8-7-13(18-15)20-2/h3-8H,9H2,1-2H3. The fraction of sp³-hybridized carbons (Fsp3) is 0.200. The SMILES string of the molecule is COc1ccnc(Oc2ccc(OCc3nc(C)no3)cc2)n1. The molecule has 3 aromatic rings. The van der Waals surface area contributed by atoms with Gasteiger partial charge in [0, 0.05) is 12.3 Å². The molecule has 0 fully saturated rings. The van der Waals surface area contributed by atoms with Gasteiger partial charge in [-0.1, -0.05) is 5.16 Å². The molecule has 0 N–H and O–H groups in total.